The molecule has 0 radical (unpaired) electrons. The van der Waals surface area contributed by atoms with Gasteiger partial charge in [-0.25, -0.2) is 0 Å². The van der Waals surface area contributed by atoms with Crippen LogP contribution in [0.15, 0.2) is 0 Å². The van der Waals surface area contributed by atoms with Crippen molar-refractivity contribution in [2.24, 2.45) is 5.73 Å². The quantitative estimate of drug-likeness (QED) is 0.562. The van der Waals surface area contributed by atoms with E-state index in [0.717, 1.165) is 0 Å². The highest BCUT2D eigenvalue weighted by molar-refractivity contribution is 6.01. The second kappa shape index (κ2) is 4.88. The lowest BCUT2D eigenvalue weighted by molar-refractivity contribution is -0.140. The predicted molar refractivity (Wildman–Crippen MR) is 52.6 cm³/mol. The average Bonchev–Trinajstić information content (AvgIpc) is 2.13. The Hall–Kier alpha value is -1.43. The van der Waals surface area contributed by atoms with Crippen LogP contribution >= 0.6 is 0 Å². The molecule has 0 aromatic rings. The van der Waals surface area contributed by atoms with Crippen molar-refractivity contribution in [1.82, 2.24) is 10.2 Å². The van der Waals surface area contributed by atoms with Crippen LogP contribution in [0.1, 0.15) is 19.8 Å². The molecule has 3 amide bonds. The van der Waals surface area contributed by atoms with Crippen molar-refractivity contribution in [2.75, 3.05) is 13.1 Å². The summed E-state index contributed by atoms with van der Waals surface area (Å²) in [6.45, 7) is 2.36. The van der Waals surface area contributed by atoms with Crippen LogP contribution in [0.4, 0.5) is 0 Å². The summed E-state index contributed by atoms with van der Waals surface area (Å²) < 4.78 is 0. The molecule has 0 saturated carbocycles. The number of carbonyl (C=O) groups is 3. The van der Waals surface area contributed by atoms with E-state index in [1.54, 1.807) is 4.90 Å². The molecule has 0 aromatic heterocycles. The van der Waals surface area contributed by atoms with Gasteiger partial charge in [0.05, 0.1) is 12.6 Å². The smallest absolute Gasteiger partial charge is 0.243 e. The van der Waals surface area contributed by atoms with Gasteiger partial charge in [-0.2, -0.15) is 0 Å². The Bertz CT molecular complexity index is 290. The Morgan fingerprint density at radius 2 is 2.27 bits per heavy atom. The van der Waals surface area contributed by atoms with Crippen molar-refractivity contribution in [2.45, 2.75) is 25.8 Å². The number of piperazine rings is 1. The third-order valence-electron chi connectivity index (χ3n) is 2.38. The highest BCUT2D eigenvalue weighted by atomic mass is 16.2. The molecular weight excluding hydrogens is 198 g/mol. The third-order valence-corrected chi connectivity index (χ3v) is 2.38. The molecule has 0 spiro atoms. The molecular formula is C9H15N3O3. The van der Waals surface area contributed by atoms with Gasteiger partial charge in [-0.05, 0) is 6.42 Å². The number of nitrogens with one attached hydrogen (secondary N) is 1. The average molecular weight is 213 g/mol. The highest BCUT2D eigenvalue weighted by Crippen LogP contribution is 2.09. The molecule has 1 fully saturated rings. The van der Waals surface area contributed by atoms with Crippen LogP contribution in [0.5, 0.6) is 0 Å². The summed E-state index contributed by atoms with van der Waals surface area (Å²) in [6, 6.07) is -0.331. The third kappa shape index (κ3) is 3.02. The summed E-state index contributed by atoms with van der Waals surface area (Å²) in [7, 11) is 0. The van der Waals surface area contributed by atoms with Gasteiger partial charge in [-0.15, -0.1) is 0 Å². The minimum absolute atomic E-state index is 0.150. The van der Waals surface area contributed by atoms with Gasteiger partial charge >= 0.3 is 0 Å². The summed E-state index contributed by atoms with van der Waals surface area (Å²) in [6.07, 6.45) is 0.773. The van der Waals surface area contributed by atoms with Gasteiger partial charge in [0, 0.05) is 13.0 Å². The van der Waals surface area contributed by atoms with E-state index in [1.165, 1.54) is 0 Å². The summed E-state index contributed by atoms with van der Waals surface area (Å²) in [5.74, 6) is -1.05. The lowest BCUT2D eigenvalue weighted by Crippen LogP contribution is -2.58. The van der Waals surface area contributed by atoms with E-state index in [1.807, 2.05) is 6.92 Å². The maximum atomic E-state index is 11.4. The van der Waals surface area contributed by atoms with Crippen molar-refractivity contribution < 1.29 is 14.4 Å². The maximum Gasteiger partial charge on any atom is 0.243 e. The number of carbonyl (C=O) groups excluding carboxylic acids is 3. The zero-order valence-electron chi connectivity index (χ0n) is 8.66. The van der Waals surface area contributed by atoms with Crippen LogP contribution in [0.25, 0.3) is 0 Å². The molecule has 6 heteroatoms. The second-order valence-corrected chi connectivity index (χ2v) is 3.52. The van der Waals surface area contributed by atoms with E-state index in [2.05, 4.69) is 5.32 Å². The summed E-state index contributed by atoms with van der Waals surface area (Å²) >= 11 is 0. The van der Waals surface area contributed by atoms with Gasteiger partial charge in [0.25, 0.3) is 0 Å². The predicted octanol–water partition coefficient (Wildman–Crippen LogP) is -1.40. The van der Waals surface area contributed by atoms with Gasteiger partial charge in [0.1, 0.15) is 0 Å². The summed E-state index contributed by atoms with van der Waals surface area (Å²) in [4.78, 5) is 34.8. The van der Waals surface area contributed by atoms with Gasteiger partial charge in [-0.3, -0.25) is 24.6 Å². The molecule has 0 bridgehead atoms. The molecule has 1 aliphatic heterocycles. The fourth-order valence-electron chi connectivity index (χ4n) is 1.65. The molecule has 1 aliphatic rings. The Labute approximate surface area is 87.8 Å². The Balaban J connectivity index is 2.61. The van der Waals surface area contributed by atoms with Gasteiger partial charge in [0.15, 0.2) is 0 Å². The van der Waals surface area contributed by atoms with Crippen molar-refractivity contribution in [3.63, 3.8) is 0 Å². The Morgan fingerprint density at radius 3 is 2.80 bits per heavy atom. The molecule has 3 N–H and O–H groups in total. The number of primary amides is 1. The van der Waals surface area contributed by atoms with Crippen LogP contribution in [0.3, 0.4) is 0 Å². The van der Waals surface area contributed by atoms with E-state index in [0.29, 0.717) is 13.0 Å². The molecule has 0 aliphatic carbocycles. The van der Waals surface area contributed by atoms with Gasteiger partial charge in [0.2, 0.25) is 17.7 Å². The first-order chi connectivity index (χ1) is 7.04. The summed E-state index contributed by atoms with van der Waals surface area (Å²) in [5.41, 5.74) is 5.01. The minimum Gasteiger partial charge on any atom is -0.370 e. The van der Waals surface area contributed by atoms with Crippen LogP contribution < -0.4 is 11.1 Å². The minimum atomic E-state index is -0.428. The highest BCUT2D eigenvalue weighted by Gasteiger charge is 2.31. The van der Waals surface area contributed by atoms with Crippen LogP contribution in [0.2, 0.25) is 0 Å². The number of imide groups is 1. The molecule has 1 heterocycles. The molecule has 0 aromatic carbocycles. The molecule has 1 rings (SSSR count). The fraction of sp³-hybridized carbons (Fsp3) is 0.667. The number of nitrogens with zero attached hydrogens (tertiary/aromatic N) is 1. The van der Waals surface area contributed by atoms with E-state index < -0.39 is 5.91 Å². The molecule has 1 saturated heterocycles. The van der Waals surface area contributed by atoms with Crippen molar-refractivity contribution in [3.05, 3.63) is 0 Å². The van der Waals surface area contributed by atoms with Crippen LogP contribution in [-0.4, -0.2) is 41.8 Å². The molecule has 15 heavy (non-hydrogen) atoms. The second-order valence-electron chi connectivity index (χ2n) is 3.52. The van der Waals surface area contributed by atoms with Crippen molar-refractivity contribution in [1.29, 1.82) is 0 Å². The summed E-state index contributed by atoms with van der Waals surface area (Å²) in [5, 5.41) is 2.26. The first-order valence-electron chi connectivity index (χ1n) is 4.90. The lowest BCUT2D eigenvalue weighted by atomic mass is 10.1. The molecule has 6 nitrogen and oxygen atoms in total. The fourth-order valence-corrected chi connectivity index (χ4v) is 1.65. The number of hydrogen-bond acceptors (Lipinski definition) is 4. The van der Waals surface area contributed by atoms with Crippen molar-refractivity contribution >= 4 is 17.7 Å². The number of rotatable bonds is 4. The molecule has 84 valence electrons. The number of amides is 3. The van der Waals surface area contributed by atoms with Crippen LogP contribution in [-0.2, 0) is 14.4 Å². The standard InChI is InChI=1S/C9H15N3O3/c1-2-6-9(15)11-8(14)5-12(6)4-3-7(10)13/h6H,2-5H2,1H3,(H2,10,13)(H,11,14,15). The SMILES string of the molecule is CCC1C(=O)NC(=O)CN1CCC(N)=O. The first kappa shape index (κ1) is 11.6. The monoisotopic (exact) mass is 213 g/mol. The molecule has 1 unspecified atom stereocenters. The molecule has 1 atom stereocenters. The first-order valence-corrected chi connectivity index (χ1v) is 4.90. The normalized spacial score (nSPS) is 22.6. The zero-order chi connectivity index (χ0) is 11.4. The van der Waals surface area contributed by atoms with E-state index in [4.69, 9.17) is 5.73 Å². The van der Waals surface area contributed by atoms with Gasteiger partial charge < -0.3 is 5.73 Å². The Kier molecular flexibility index (Phi) is 3.79. The largest absolute Gasteiger partial charge is 0.370 e. The van der Waals surface area contributed by atoms with Crippen LogP contribution in [0, 0.1) is 0 Å². The van der Waals surface area contributed by atoms with E-state index in [9.17, 15) is 14.4 Å². The number of nitrogens with two attached hydrogens (primary N) is 1. The topological polar surface area (TPSA) is 92.5 Å². The maximum absolute atomic E-state index is 11.4. The number of hydrogen-bond donors (Lipinski definition) is 2. The van der Waals surface area contributed by atoms with E-state index in [-0.39, 0.29) is 30.8 Å². The van der Waals surface area contributed by atoms with Crippen molar-refractivity contribution in [3.8, 4) is 0 Å². The lowest BCUT2D eigenvalue weighted by Gasteiger charge is -2.32. The Morgan fingerprint density at radius 1 is 1.60 bits per heavy atom. The van der Waals surface area contributed by atoms with E-state index >= 15 is 0 Å². The van der Waals surface area contributed by atoms with Gasteiger partial charge in [-0.1, -0.05) is 6.92 Å². The zero-order valence-corrected chi connectivity index (χ0v) is 8.66.